The Labute approximate surface area is 157 Å². The van der Waals surface area contributed by atoms with Gasteiger partial charge in [0.15, 0.2) is 5.96 Å². The van der Waals surface area contributed by atoms with Crippen molar-refractivity contribution in [3.05, 3.63) is 46.5 Å². The van der Waals surface area contributed by atoms with Gasteiger partial charge in [-0.05, 0) is 44.8 Å². The van der Waals surface area contributed by atoms with Gasteiger partial charge in [-0.15, -0.1) is 0 Å². The lowest BCUT2D eigenvalue weighted by atomic mass is 9.91. The summed E-state index contributed by atoms with van der Waals surface area (Å²) in [6.07, 6.45) is 3.48. The molecule has 8 heteroatoms. The van der Waals surface area contributed by atoms with Crippen LogP contribution in [0.1, 0.15) is 34.9 Å². The van der Waals surface area contributed by atoms with Gasteiger partial charge in [0.05, 0.1) is 5.69 Å². The van der Waals surface area contributed by atoms with Gasteiger partial charge < -0.3 is 21.9 Å². The molecule has 6 N–H and O–H groups in total. The second-order valence-electron chi connectivity index (χ2n) is 5.96. The van der Waals surface area contributed by atoms with Crippen LogP contribution in [0.2, 0.25) is 0 Å². The molecule has 1 aliphatic carbocycles. The Morgan fingerprint density at radius 2 is 2.12 bits per heavy atom. The minimum atomic E-state index is -0.831. The molecule has 3 rings (SSSR count). The number of carboxylic acids is 1. The van der Waals surface area contributed by atoms with E-state index < -0.39 is 11.9 Å². The molecule has 1 aromatic heterocycles. The third-order valence-corrected chi connectivity index (χ3v) is 5.00. The summed E-state index contributed by atoms with van der Waals surface area (Å²) in [4.78, 5) is 20.0. The summed E-state index contributed by atoms with van der Waals surface area (Å²) >= 11 is 1.36. The SMILES string of the molecule is CNCCc1ccccc1.NC(N)=Nc1nc2c(s1)CCCC2C(=O)O. The van der Waals surface area contributed by atoms with Gasteiger partial charge in [-0.25, -0.2) is 4.98 Å². The number of rotatable bonds is 5. The molecule has 140 valence electrons. The number of nitrogens with zero attached hydrogens (tertiary/aromatic N) is 2. The van der Waals surface area contributed by atoms with Crippen LogP contribution in [0.25, 0.3) is 0 Å². The molecule has 0 amide bonds. The molecular formula is C18H25N5O2S. The van der Waals surface area contributed by atoms with Crippen molar-refractivity contribution in [1.82, 2.24) is 10.3 Å². The Morgan fingerprint density at radius 1 is 1.38 bits per heavy atom. The van der Waals surface area contributed by atoms with Crippen LogP contribution in [0.5, 0.6) is 0 Å². The Kier molecular flexibility index (Phi) is 7.55. The number of aliphatic imine (C=N–C) groups is 1. The van der Waals surface area contributed by atoms with Crippen molar-refractivity contribution >= 4 is 28.4 Å². The lowest BCUT2D eigenvalue weighted by Crippen LogP contribution is -2.21. The van der Waals surface area contributed by atoms with E-state index in [0.717, 1.165) is 30.7 Å². The first-order chi connectivity index (χ1) is 12.5. The van der Waals surface area contributed by atoms with Gasteiger partial charge in [-0.1, -0.05) is 41.7 Å². The number of hydrogen-bond donors (Lipinski definition) is 4. The number of likely N-dealkylation sites (N-methyl/N-ethyl adjacent to an activating group) is 1. The molecule has 0 bridgehead atoms. The number of aryl methyl sites for hydroxylation is 1. The summed E-state index contributed by atoms with van der Waals surface area (Å²) in [5.74, 6) is -1.40. The van der Waals surface area contributed by atoms with Crippen LogP contribution < -0.4 is 16.8 Å². The van der Waals surface area contributed by atoms with Gasteiger partial charge in [-0.3, -0.25) is 4.79 Å². The van der Waals surface area contributed by atoms with Crippen LogP contribution >= 0.6 is 11.3 Å². The second-order valence-corrected chi connectivity index (χ2v) is 7.03. The molecule has 1 aliphatic rings. The van der Waals surface area contributed by atoms with Crippen molar-refractivity contribution in [3.63, 3.8) is 0 Å². The zero-order valence-corrected chi connectivity index (χ0v) is 15.6. The van der Waals surface area contributed by atoms with Crippen LogP contribution in [0.3, 0.4) is 0 Å². The van der Waals surface area contributed by atoms with E-state index in [1.54, 1.807) is 0 Å². The minimum Gasteiger partial charge on any atom is -0.481 e. The monoisotopic (exact) mass is 375 g/mol. The second kappa shape index (κ2) is 9.88. The van der Waals surface area contributed by atoms with Crippen molar-refractivity contribution in [3.8, 4) is 0 Å². The molecule has 0 fully saturated rings. The summed E-state index contributed by atoms with van der Waals surface area (Å²) in [6, 6.07) is 10.5. The highest BCUT2D eigenvalue weighted by atomic mass is 32.1. The predicted molar refractivity (Wildman–Crippen MR) is 105 cm³/mol. The fourth-order valence-corrected chi connectivity index (χ4v) is 3.77. The quantitative estimate of drug-likeness (QED) is 0.468. The lowest BCUT2D eigenvalue weighted by Gasteiger charge is -2.16. The first-order valence-electron chi connectivity index (χ1n) is 8.51. The molecule has 1 heterocycles. The standard InChI is InChI=1S/C9H12N4O2S.C9H13N/c10-8(11)13-9-12-6-4(7(14)15)2-1-3-5(6)16-9;1-10-8-7-9-5-3-2-4-6-9/h4H,1-3H2,(H,14,15)(H4,10,11,12,13);2-6,10H,7-8H2,1H3. The largest absolute Gasteiger partial charge is 0.481 e. The summed E-state index contributed by atoms with van der Waals surface area (Å²) < 4.78 is 0. The first kappa shape index (κ1) is 19.9. The molecule has 1 unspecified atom stereocenters. The topological polar surface area (TPSA) is 127 Å². The van der Waals surface area contributed by atoms with Crippen LogP contribution in [0.4, 0.5) is 5.13 Å². The van der Waals surface area contributed by atoms with Gasteiger partial charge in [0.25, 0.3) is 0 Å². The van der Waals surface area contributed by atoms with Crippen molar-refractivity contribution in [2.75, 3.05) is 13.6 Å². The maximum absolute atomic E-state index is 11.0. The number of guanidine groups is 1. The maximum Gasteiger partial charge on any atom is 0.312 e. The molecule has 0 aliphatic heterocycles. The van der Waals surface area contributed by atoms with E-state index in [0.29, 0.717) is 17.2 Å². The normalized spacial score (nSPS) is 15.3. The van der Waals surface area contributed by atoms with Crippen molar-refractivity contribution in [2.45, 2.75) is 31.6 Å². The highest BCUT2D eigenvalue weighted by Gasteiger charge is 2.29. The number of hydrogen-bond acceptors (Lipinski definition) is 5. The van der Waals surface area contributed by atoms with Crippen molar-refractivity contribution in [2.24, 2.45) is 16.5 Å². The van der Waals surface area contributed by atoms with Crippen LogP contribution in [-0.4, -0.2) is 35.6 Å². The van der Waals surface area contributed by atoms with Gasteiger partial charge >= 0.3 is 5.97 Å². The van der Waals surface area contributed by atoms with Crippen molar-refractivity contribution < 1.29 is 9.90 Å². The Morgan fingerprint density at radius 3 is 2.73 bits per heavy atom. The van der Waals surface area contributed by atoms with E-state index in [2.05, 4.69) is 39.6 Å². The lowest BCUT2D eigenvalue weighted by molar-refractivity contribution is -0.139. The number of nitrogens with two attached hydrogens (primary N) is 2. The van der Waals surface area contributed by atoms with Gasteiger partial charge in [0.2, 0.25) is 5.13 Å². The molecule has 26 heavy (non-hydrogen) atoms. The minimum absolute atomic E-state index is 0.0574. The first-order valence-corrected chi connectivity index (χ1v) is 9.33. The van der Waals surface area contributed by atoms with Crippen LogP contribution in [0.15, 0.2) is 35.3 Å². The number of thiazole rings is 1. The Hall–Kier alpha value is -2.45. The van der Waals surface area contributed by atoms with E-state index in [4.69, 9.17) is 16.6 Å². The highest BCUT2D eigenvalue weighted by molar-refractivity contribution is 7.15. The Bertz CT molecular complexity index is 741. The number of carboxylic acid groups (broad SMARTS) is 1. The molecule has 0 radical (unpaired) electrons. The van der Waals surface area contributed by atoms with E-state index in [1.807, 2.05) is 13.1 Å². The van der Waals surface area contributed by atoms with Gasteiger partial charge in [0, 0.05) is 4.88 Å². The zero-order valence-electron chi connectivity index (χ0n) is 14.8. The number of aliphatic carboxylic acids is 1. The maximum atomic E-state index is 11.0. The third kappa shape index (κ3) is 5.82. The summed E-state index contributed by atoms with van der Waals surface area (Å²) in [5, 5.41) is 12.6. The molecule has 0 saturated carbocycles. The van der Waals surface area contributed by atoms with Gasteiger partial charge in [-0.2, -0.15) is 4.99 Å². The van der Waals surface area contributed by atoms with E-state index in [-0.39, 0.29) is 5.96 Å². The molecule has 2 aromatic rings. The number of fused-ring (bicyclic) bond motifs is 1. The van der Waals surface area contributed by atoms with Gasteiger partial charge in [0.1, 0.15) is 5.92 Å². The highest BCUT2D eigenvalue weighted by Crippen LogP contribution is 2.37. The fraction of sp³-hybridized carbons (Fsp3) is 0.389. The third-order valence-electron chi connectivity index (χ3n) is 3.97. The molecule has 7 nitrogen and oxygen atoms in total. The average Bonchev–Trinajstić information content (AvgIpc) is 3.02. The summed E-state index contributed by atoms with van der Waals surface area (Å²) in [7, 11) is 1.98. The molecule has 1 atom stereocenters. The molecule has 0 saturated heterocycles. The fourth-order valence-electron chi connectivity index (χ4n) is 2.72. The van der Waals surface area contributed by atoms with Crippen LogP contribution in [-0.2, 0) is 17.6 Å². The summed E-state index contributed by atoms with van der Waals surface area (Å²) in [6.45, 7) is 1.06. The predicted octanol–water partition coefficient (Wildman–Crippen LogP) is 2.00. The number of carbonyl (C=O) groups is 1. The number of aromatic nitrogens is 1. The van der Waals surface area contributed by atoms with Crippen molar-refractivity contribution in [1.29, 1.82) is 0 Å². The molecule has 0 spiro atoms. The number of nitrogens with one attached hydrogen (secondary N) is 1. The smallest absolute Gasteiger partial charge is 0.312 e. The van der Waals surface area contributed by atoms with E-state index in [9.17, 15) is 4.79 Å². The Balaban J connectivity index is 0.000000209. The summed E-state index contributed by atoms with van der Waals surface area (Å²) in [5.41, 5.74) is 12.5. The van der Waals surface area contributed by atoms with Crippen LogP contribution in [0, 0.1) is 0 Å². The van der Waals surface area contributed by atoms with E-state index in [1.165, 1.54) is 16.9 Å². The molecular weight excluding hydrogens is 350 g/mol. The zero-order chi connectivity index (χ0) is 18.9. The molecule has 1 aromatic carbocycles. The van der Waals surface area contributed by atoms with E-state index >= 15 is 0 Å². The average molecular weight is 375 g/mol. The number of benzene rings is 1.